The number of thioether (sulfide) groups is 1. The van der Waals surface area contributed by atoms with Crippen molar-refractivity contribution in [3.05, 3.63) is 0 Å². The maximum absolute atomic E-state index is 11.2. The average molecular weight is 188 g/mol. The van der Waals surface area contributed by atoms with Crippen molar-refractivity contribution >= 4 is 17.8 Å². The Hall–Kier alpha value is -0.380. The molecule has 0 aromatic rings. The summed E-state index contributed by atoms with van der Waals surface area (Å²) in [7, 11) is 1.69. The van der Waals surface area contributed by atoms with Crippen LogP contribution in [0.15, 0.2) is 0 Å². The first-order valence-electron chi connectivity index (χ1n) is 4.36. The first kappa shape index (κ1) is 9.71. The minimum Gasteiger partial charge on any atom is -0.341 e. The molecule has 0 radical (unpaired) electrons. The molecule has 1 aliphatic rings. The van der Waals surface area contributed by atoms with Crippen LogP contribution in [0.1, 0.15) is 13.3 Å². The molecule has 2 amide bonds. The van der Waals surface area contributed by atoms with E-state index < -0.39 is 0 Å². The van der Waals surface area contributed by atoms with E-state index in [0.717, 1.165) is 25.3 Å². The molecule has 4 heteroatoms. The molecule has 1 rings (SSSR count). The van der Waals surface area contributed by atoms with Crippen molar-refractivity contribution in [2.75, 3.05) is 25.9 Å². The average Bonchev–Trinajstić information content (AvgIpc) is 2.17. The quantitative estimate of drug-likeness (QED) is 0.669. The second-order valence-electron chi connectivity index (χ2n) is 2.90. The van der Waals surface area contributed by atoms with Crippen LogP contribution in [0.3, 0.4) is 0 Å². The summed E-state index contributed by atoms with van der Waals surface area (Å²) in [5.41, 5.74) is 0. The first-order valence-corrected chi connectivity index (χ1v) is 5.41. The molecule has 0 spiro atoms. The summed E-state index contributed by atoms with van der Waals surface area (Å²) >= 11 is 1.97. The first-order chi connectivity index (χ1) is 5.77. The summed E-state index contributed by atoms with van der Waals surface area (Å²) in [6.45, 7) is 3.96. The molecule has 0 aromatic carbocycles. The van der Waals surface area contributed by atoms with Gasteiger partial charge in [-0.1, -0.05) is 6.92 Å². The van der Waals surface area contributed by atoms with Gasteiger partial charge < -0.3 is 10.2 Å². The van der Waals surface area contributed by atoms with Crippen LogP contribution in [0.5, 0.6) is 0 Å². The lowest BCUT2D eigenvalue weighted by molar-refractivity contribution is 0.201. The minimum atomic E-state index is 0.0637. The van der Waals surface area contributed by atoms with Gasteiger partial charge in [-0.3, -0.25) is 0 Å². The fourth-order valence-corrected chi connectivity index (χ4v) is 2.49. The number of urea groups is 1. The number of carbonyl (C=O) groups is 1. The lowest BCUT2D eigenvalue weighted by Crippen LogP contribution is -2.45. The molecule has 0 bridgehead atoms. The fraction of sp³-hybridized carbons (Fsp3) is 0.875. The zero-order chi connectivity index (χ0) is 8.97. The van der Waals surface area contributed by atoms with Crippen molar-refractivity contribution in [3.63, 3.8) is 0 Å². The Morgan fingerprint density at radius 3 is 3.08 bits per heavy atom. The molecule has 1 saturated heterocycles. The number of nitrogens with one attached hydrogen (secondary N) is 1. The molecule has 0 saturated carbocycles. The predicted molar refractivity (Wildman–Crippen MR) is 52.6 cm³/mol. The minimum absolute atomic E-state index is 0.0637. The largest absolute Gasteiger partial charge is 0.341 e. The highest BCUT2D eigenvalue weighted by Crippen LogP contribution is 2.20. The van der Waals surface area contributed by atoms with Gasteiger partial charge >= 0.3 is 6.03 Å². The van der Waals surface area contributed by atoms with E-state index in [0.29, 0.717) is 5.25 Å². The van der Waals surface area contributed by atoms with Gasteiger partial charge in [0.15, 0.2) is 0 Å². The van der Waals surface area contributed by atoms with Gasteiger partial charge in [-0.2, -0.15) is 11.8 Å². The monoisotopic (exact) mass is 188 g/mol. The van der Waals surface area contributed by atoms with Crippen LogP contribution in [0.4, 0.5) is 4.79 Å². The molecular formula is C8H16N2OS. The zero-order valence-electron chi connectivity index (χ0n) is 7.67. The van der Waals surface area contributed by atoms with Crippen molar-refractivity contribution in [2.24, 2.45) is 0 Å². The van der Waals surface area contributed by atoms with Gasteiger partial charge in [0.1, 0.15) is 0 Å². The van der Waals surface area contributed by atoms with Gasteiger partial charge in [-0.25, -0.2) is 4.79 Å². The highest BCUT2D eigenvalue weighted by atomic mass is 32.2. The Kier molecular flexibility index (Phi) is 3.72. The molecule has 1 N–H and O–H groups in total. The predicted octanol–water partition coefficient (Wildman–Crippen LogP) is 1.15. The van der Waals surface area contributed by atoms with E-state index in [9.17, 15) is 4.79 Å². The SMILES string of the molecule is CCC1CN(C(=O)NC)CCS1. The summed E-state index contributed by atoms with van der Waals surface area (Å²) in [5, 5.41) is 3.29. The number of carbonyl (C=O) groups excluding carboxylic acids is 1. The number of nitrogens with zero attached hydrogens (tertiary/aromatic N) is 1. The third-order valence-corrected chi connectivity index (χ3v) is 3.47. The summed E-state index contributed by atoms with van der Waals surface area (Å²) in [6, 6.07) is 0.0637. The van der Waals surface area contributed by atoms with Crippen LogP contribution in [0, 0.1) is 0 Å². The standard InChI is InChI=1S/C8H16N2OS/c1-3-7-6-10(4-5-12-7)8(11)9-2/h7H,3-6H2,1-2H3,(H,9,11). The highest BCUT2D eigenvalue weighted by Gasteiger charge is 2.21. The Balaban J connectivity index is 2.40. The van der Waals surface area contributed by atoms with Crippen molar-refractivity contribution in [1.29, 1.82) is 0 Å². The molecule has 3 nitrogen and oxygen atoms in total. The molecule has 12 heavy (non-hydrogen) atoms. The highest BCUT2D eigenvalue weighted by molar-refractivity contribution is 8.00. The van der Waals surface area contributed by atoms with E-state index in [4.69, 9.17) is 0 Å². The number of rotatable bonds is 1. The molecule has 1 fully saturated rings. The van der Waals surface area contributed by atoms with E-state index in [1.54, 1.807) is 7.05 Å². The smallest absolute Gasteiger partial charge is 0.317 e. The molecule has 0 aromatic heterocycles. The van der Waals surface area contributed by atoms with Gasteiger partial charge in [0.05, 0.1) is 0 Å². The molecule has 1 unspecified atom stereocenters. The number of hydrogen-bond acceptors (Lipinski definition) is 2. The lowest BCUT2D eigenvalue weighted by Gasteiger charge is -2.31. The van der Waals surface area contributed by atoms with Crippen molar-refractivity contribution in [1.82, 2.24) is 10.2 Å². The van der Waals surface area contributed by atoms with E-state index in [-0.39, 0.29) is 6.03 Å². The van der Waals surface area contributed by atoms with Crippen LogP contribution < -0.4 is 5.32 Å². The number of hydrogen-bond donors (Lipinski definition) is 1. The summed E-state index contributed by atoms with van der Waals surface area (Å²) < 4.78 is 0. The summed E-state index contributed by atoms with van der Waals surface area (Å²) in [6.07, 6.45) is 1.15. The van der Waals surface area contributed by atoms with Gasteiger partial charge in [0.2, 0.25) is 0 Å². The van der Waals surface area contributed by atoms with Crippen molar-refractivity contribution < 1.29 is 4.79 Å². The molecule has 70 valence electrons. The van der Waals surface area contributed by atoms with Gasteiger partial charge in [0, 0.05) is 31.1 Å². The van der Waals surface area contributed by atoms with E-state index in [1.165, 1.54) is 0 Å². The summed E-state index contributed by atoms with van der Waals surface area (Å²) in [5.74, 6) is 1.08. The van der Waals surface area contributed by atoms with E-state index in [1.807, 2.05) is 16.7 Å². The van der Waals surface area contributed by atoms with Crippen LogP contribution in [0.2, 0.25) is 0 Å². The fourth-order valence-electron chi connectivity index (χ4n) is 1.31. The molecule has 0 aliphatic carbocycles. The lowest BCUT2D eigenvalue weighted by atomic mass is 10.3. The van der Waals surface area contributed by atoms with E-state index >= 15 is 0 Å². The molecule has 1 aliphatic heterocycles. The van der Waals surface area contributed by atoms with Gasteiger partial charge in [0.25, 0.3) is 0 Å². The van der Waals surface area contributed by atoms with Crippen LogP contribution in [-0.2, 0) is 0 Å². The Morgan fingerprint density at radius 2 is 2.50 bits per heavy atom. The number of amides is 2. The van der Waals surface area contributed by atoms with Gasteiger partial charge in [-0.05, 0) is 6.42 Å². The second kappa shape index (κ2) is 4.60. The van der Waals surface area contributed by atoms with Crippen molar-refractivity contribution in [2.45, 2.75) is 18.6 Å². The molecular weight excluding hydrogens is 172 g/mol. The van der Waals surface area contributed by atoms with E-state index in [2.05, 4.69) is 12.2 Å². The Morgan fingerprint density at radius 1 is 1.75 bits per heavy atom. The third-order valence-electron chi connectivity index (χ3n) is 2.10. The maximum Gasteiger partial charge on any atom is 0.317 e. The maximum atomic E-state index is 11.2. The summed E-state index contributed by atoms with van der Waals surface area (Å²) in [4.78, 5) is 13.1. The Bertz CT molecular complexity index is 163. The van der Waals surface area contributed by atoms with Crippen LogP contribution >= 0.6 is 11.8 Å². The second-order valence-corrected chi connectivity index (χ2v) is 4.31. The molecule has 1 atom stereocenters. The van der Waals surface area contributed by atoms with Gasteiger partial charge in [-0.15, -0.1) is 0 Å². The van der Waals surface area contributed by atoms with Crippen LogP contribution in [0.25, 0.3) is 0 Å². The van der Waals surface area contributed by atoms with Crippen LogP contribution in [-0.4, -0.2) is 42.1 Å². The Labute approximate surface area is 77.9 Å². The van der Waals surface area contributed by atoms with Crippen molar-refractivity contribution in [3.8, 4) is 0 Å². The third kappa shape index (κ3) is 2.30. The molecule has 1 heterocycles. The topological polar surface area (TPSA) is 32.3 Å². The zero-order valence-corrected chi connectivity index (χ0v) is 8.49. The normalized spacial score (nSPS) is 23.8.